The highest BCUT2D eigenvalue weighted by molar-refractivity contribution is 9.10. The van der Waals surface area contributed by atoms with Crippen LogP contribution < -0.4 is 15.2 Å². The van der Waals surface area contributed by atoms with Crippen LogP contribution in [-0.2, 0) is 6.42 Å². The number of nitrogens with two attached hydrogens (primary N) is 1. The monoisotopic (exact) mass is 347 g/mol. The Morgan fingerprint density at radius 2 is 2.10 bits per heavy atom. The zero-order chi connectivity index (χ0) is 15.0. The van der Waals surface area contributed by atoms with E-state index in [0.717, 1.165) is 45.7 Å². The molecule has 1 unspecified atom stereocenters. The van der Waals surface area contributed by atoms with Crippen molar-refractivity contribution < 1.29 is 9.47 Å². The molecule has 0 radical (unpaired) electrons. The van der Waals surface area contributed by atoms with Gasteiger partial charge >= 0.3 is 0 Å². The average Bonchev–Trinajstić information content (AvgIpc) is 2.96. The van der Waals surface area contributed by atoms with Gasteiger partial charge in [0.05, 0.1) is 19.8 Å². The molecule has 0 saturated heterocycles. The van der Waals surface area contributed by atoms with Crippen LogP contribution in [0.4, 0.5) is 0 Å². The molecule has 2 N–H and O–H groups in total. The van der Waals surface area contributed by atoms with Crippen molar-refractivity contribution >= 4 is 15.9 Å². The normalized spacial score (nSPS) is 14.5. The van der Waals surface area contributed by atoms with Crippen molar-refractivity contribution in [3.05, 3.63) is 57.1 Å². The molecular weight excluding hydrogens is 330 g/mol. The minimum absolute atomic E-state index is 0.220. The van der Waals surface area contributed by atoms with E-state index in [4.69, 9.17) is 15.2 Å². The number of fused-ring (bicyclic) bond motifs is 1. The molecule has 1 aliphatic heterocycles. The quantitative estimate of drug-likeness (QED) is 0.919. The maximum absolute atomic E-state index is 6.46. The van der Waals surface area contributed by atoms with Crippen LogP contribution >= 0.6 is 15.9 Å². The van der Waals surface area contributed by atoms with Crippen LogP contribution in [0.15, 0.2) is 34.8 Å². The molecule has 1 atom stereocenters. The van der Waals surface area contributed by atoms with Crippen molar-refractivity contribution in [1.82, 2.24) is 0 Å². The van der Waals surface area contributed by atoms with Gasteiger partial charge < -0.3 is 15.2 Å². The second-order valence-electron chi connectivity index (χ2n) is 5.29. The number of benzene rings is 2. The molecule has 0 saturated carbocycles. The van der Waals surface area contributed by atoms with Crippen LogP contribution in [0, 0.1) is 6.92 Å². The lowest BCUT2D eigenvalue weighted by atomic mass is 9.96. The third kappa shape index (κ3) is 2.65. The number of halogens is 1. The molecule has 110 valence electrons. The van der Waals surface area contributed by atoms with Crippen molar-refractivity contribution in [3.8, 4) is 11.5 Å². The minimum Gasteiger partial charge on any atom is -0.496 e. The van der Waals surface area contributed by atoms with Gasteiger partial charge in [-0.25, -0.2) is 0 Å². The minimum atomic E-state index is -0.220. The van der Waals surface area contributed by atoms with Crippen LogP contribution in [0.3, 0.4) is 0 Å². The fourth-order valence-corrected chi connectivity index (χ4v) is 3.03. The molecule has 1 heterocycles. The standard InChI is InChI=1S/C17H18BrNO2/c1-10-7-16(20-2)13(9-14(10)18)17(19)12-3-4-15-11(8-12)5-6-21-15/h3-4,7-9,17H,5-6,19H2,1-2H3. The SMILES string of the molecule is COc1cc(C)c(Br)cc1C(N)c1ccc2c(c1)CCO2. The number of hydrogen-bond donors (Lipinski definition) is 1. The van der Waals surface area contributed by atoms with Crippen molar-refractivity contribution in [2.24, 2.45) is 5.73 Å². The topological polar surface area (TPSA) is 44.5 Å². The second kappa shape index (κ2) is 5.70. The number of hydrogen-bond acceptors (Lipinski definition) is 3. The van der Waals surface area contributed by atoms with E-state index in [0.29, 0.717) is 0 Å². The molecule has 0 aromatic heterocycles. The highest BCUT2D eigenvalue weighted by atomic mass is 79.9. The Labute approximate surface area is 133 Å². The van der Waals surface area contributed by atoms with Crippen molar-refractivity contribution in [2.75, 3.05) is 13.7 Å². The number of aryl methyl sites for hydroxylation is 1. The molecule has 0 spiro atoms. The molecule has 2 aromatic carbocycles. The van der Waals surface area contributed by atoms with Crippen molar-refractivity contribution in [2.45, 2.75) is 19.4 Å². The smallest absolute Gasteiger partial charge is 0.124 e. The van der Waals surface area contributed by atoms with Crippen molar-refractivity contribution in [1.29, 1.82) is 0 Å². The van der Waals surface area contributed by atoms with Crippen LogP contribution in [0.1, 0.15) is 28.3 Å². The predicted molar refractivity (Wildman–Crippen MR) is 87.1 cm³/mol. The van der Waals surface area contributed by atoms with Crippen LogP contribution in [0.2, 0.25) is 0 Å². The van der Waals surface area contributed by atoms with Crippen molar-refractivity contribution in [3.63, 3.8) is 0 Å². The molecule has 0 bridgehead atoms. The van der Waals surface area contributed by atoms with E-state index < -0.39 is 0 Å². The summed E-state index contributed by atoms with van der Waals surface area (Å²) in [5.74, 6) is 1.79. The Balaban J connectivity index is 2.02. The second-order valence-corrected chi connectivity index (χ2v) is 6.14. The van der Waals surface area contributed by atoms with E-state index in [-0.39, 0.29) is 6.04 Å². The van der Waals surface area contributed by atoms with Crippen LogP contribution in [0.25, 0.3) is 0 Å². The summed E-state index contributed by atoms with van der Waals surface area (Å²) in [5.41, 5.74) is 10.9. The lowest BCUT2D eigenvalue weighted by Gasteiger charge is -2.18. The van der Waals surface area contributed by atoms with Crippen LogP contribution in [0.5, 0.6) is 11.5 Å². The fourth-order valence-electron chi connectivity index (χ4n) is 2.67. The molecule has 3 nitrogen and oxygen atoms in total. The first kappa shape index (κ1) is 14.4. The lowest BCUT2D eigenvalue weighted by molar-refractivity contribution is 0.357. The predicted octanol–water partition coefficient (Wildman–Crippen LogP) is 3.75. The molecule has 21 heavy (non-hydrogen) atoms. The summed E-state index contributed by atoms with van der Waals surface area (Å²) in [4.78, 5) is 0. The Morgan fingerprint density at radius 3 is 2.86 bits per heavy atom. The summed E-state index contributed by atoms with van der Waals surface area (Å²) < 4.78 is 12.1. The Morgan fingerprint density at radius 1 is 1.29 bits per heavy atom. The first-order chi connectivity index (χ1) is 10.1. The van der Waals surface area contributed by atoms with Gasteiger partial charge in [0.25, 0.3) is 0 Å². The van der Waals surface area contributed by atoms with Crippen LogP contribution in [-0.4, -0.2) is 13.7 Å². The molecule has 0 fully saturated rings. The Kier molecular flexibility index (Phi) is 3.91. The third-order valence-electron chi connectivity index (χ3n) is 3.92. The van der Waals surface area contributed by atoms with Gasteiger partial charge in [-0.2, -0.15) is 0 Å². The maximum atomic E-state index is 6.46. The highest BCUT2D eigenvalue weighted by Gasteiger charge is 2.19. The fraction of sp³-hybridized carbons (Fsp3) is 0.294. The Hall–Kier alpha value is -1.52. The average molecular weight is 348 g/mol. The van der Waals surface area contributed by atoms with Gasteiger partial charge in [0.2, 0.25) is 0 Å². The third-order valence-corrected chi connectivity index (χ3v) is 4.77. The van der Waals surface area contributed by atoms with Gasteiger partial charge in [0, 0.05) is 16.5 Å². The van der Waals surface area contributed by atoms with E-state index in [1.165, 1.54) is 5.56 Å². The molecular formula is C17H18BrNO2. The van der Waals surface area contributed by atoms with E-state index >= 15 is 0 Å². The summed E-state index contributed by atoms with van der Waals surface area (Å²) in [6.45, 7) is 2.79. The number of methoxy groups -OCH3 is 1. The molecule has 4 heteroatoms. The highest BCUT2D eigenvalue weighted by Crippen LogP contribution is 2.35. The van der Waals surface area contributed by atoms with Gasteiger partial charge in [-0.15, -0.1) is 0 Å². The zero-order valence-corrected chi connectivity index (χ0v) is 13.7. The molecule has 1 aliphatic rings. The summed E-state index contributed by atoms with van der Waals surface area (Å²) in [5, 5.41) is 0. The van der Waals surface area contributed by atoms with Gasteiger partial charge in [0.15, 0.2) is 0 Å². The summed E-state index contributed by atoms with van der Waals surface area (Å²) >= 11 is 3.57. The van der Waals surface area contributed by atoms with E-state index in [9.17, 15) is 0 Å². The molecule has 2 aromatic rings. The maximum Gasteiger partial charge on any atom is 0.124 e. The molecule has 0 aliphatic carbocycles. The zero-order valence-electron chi connectivity index (χ0n) is 12.2. The lowest BCUT2D eigenvalue weighted by Crippen LogP contribution is -2.13. The molecule has 0 amide bonds. The van der Waals surface area contributed by atoms with Gasteiger partial charge in [0.1, 0.15) is 11.5 Å². The number of ether oxygens (including phenoxy) is 2. The summed E-state index contributed by atoms with van der Waals surface area (Å²) in [6.07, 6.45) is 0.949. The first-order valence-electron chi connectivity index (χ1n) is 6.95. The van der Waals surface area contributed by atoms with E-state index in [1.54, 1.807) is 7.11 Å². The Bertz CT molecular complexity index is 685. The number of rotatable bonds is 3. The van der Waals surface area contributed by atoms with Gasteiger partial charge in [-0.05, 0) is 41.8 Å². The van der Waals surface area contributed by atoms with Gasteiger partial charge in [-0.3, -0.25) is 0 Å². The molecule has 3 rings (SSSR count). The van der Waals surface area contributed by atoms with E-state index in [2.05, 4.69) is 22.0 Å². The largest absolute Gasteiger partial charge is 0.496 e. The summed E-state index contributed by atoms with van der Waals surface area (Å²) in [7, 11) is 1.68. The van der Waals surface area contributed by atoms with E-state index in [1.807, 2.05) is 31.2 Å². The summed E-state index contributed by atoms with van der Waals surface area (Å²) in [6, 6.07) is 10.0. The van der Waals surface area contributed by atoms with Gasteiger partial charge in [-0.1, -0.05) is 28.1 Å². The first-order valence-corrected chi connectivity index (χ1v) is 7.74.